The van der Waals surface area contributed by atoms with Crippen LogP contribution in [0.4, 0.5) is 13.2 Å². The van der Waals surface area contributed by atoms with E-state index < -0.39 is 23.4 Å². The van der Waals surface area contributed by atoms with Crippen molar-refractivity contribution in [3.63, 3.8) is 0 Å². The molecule has 0 aliphatic heterocycles. The molecule has 0 fully saturated rings. The van der Waals surface area contributed by atoms with Gasteiger partial charge in [0.05, 0.1) is 0 Å². The van der Waals surface area contributed by atoms with E-state index >= 15 is 0 Å². The van der Waals surface area contributed by atoms with Crippen LogP contribution in [0.15, 0.2) is 42.5 Å². The summed E-state index contributed by atoms with van der Waals surface area (Å²) in [4.78, 5) is 11.7. The van der Waals surface area contributed by atoms with Gasteiger partial charge in [0, 0.05) is 17.7 Å². The Hall–Kier alpha value is -2.30. The number of amides is 1. The second-order valence-corrected chi connectivity index (χ2v) is 3.91. The largest absolute Gasteiger partial charge is 0.348 e. The van der Waals surface area contributed by atoms with Gasteiger partial charge in [0.1, 0.15) is 5.82 Å². The highest BCUT2D eigenvalue weighted by Gasteiger charge is 2.10. The average molecular weight is 265 g/mol. The van der Waals surface area contributed by atoms with Crippen LogP contribution in [-0.4, -0.2) is 5.91 Å². The number of carbonyl (C=O) groups is 1. The lowest BCUT2D eigenvalue weighted by Gasteiger charge is -2.06. The van der Waals surface area contributed by atoms with Crippen molar-refractivity contribution in [2.75, 3.05) is 0 Å². The monoisotopic (exact) mass is 265 g/mol. The summed E-state index contributed by atoms with van der Waals surface area (Å²) in [5.74, 6) is -3.06. The van der Waals surface area contributed by atoms with Crippen molar-refractivity contribution >= 4 is 5.91 Å². The van der Waals surface area contributed by atoms with E-state index in [1.165, 1.54) is 30.3 Å². The predicted molar refractivity (Wildman–Crippen MR) is 63.9 cm³/mol. The third-order valence-corrected chi connectivity index (χ3v) is 2.56. The number of hydrogen-bond donors (Lipinski definition) is 1. The van der Waals surface area contributed by atoms with Crippen molar-refractivity contribution in [1.29, 1.82) is 0 Å². The van der Waals surface area contributed by atoms with Crippen molar-refractivity contribution in [2.45, 2.75) is 6.54 Å². The number of rotatable bonds is 3. The molecule has 2 aromatic rings. The highest BCUT2D eigenvalue weighted by Crippen LogP contribution is 2.11. The summed E-state index contributed by atoms with van der Waals surface area (Å²) in [7, 11) is 0. The number of halogens is 3. The number of nitrogens with one attached hydrogen (secondary N) is 1. The summed E-state index contributed by atoms with van der Waals surface area (Å²) >= 11 is 0. The molecule has 0 saturated heterocycles. The van der Waals surface area contributed by atoms with Gasteiger partial charge in [-0.1, -0.05) is 18.2 Å². The molecule has 0 aromatic heterocycles. The summed E-state index contributed by atoms with van der Waals surface area (Å²) in [6.07, 6.45) is 0. The van der Waals surface area contributed by atoms with E-state index in [9.17, 15) is 18.0 Å². The molecule has 2 aromatic carbocycles. The van der Waals surface area contributed by atoms with Gasteiger partial charge in [-0.3, -0.25) is 4.79 Å². The third kappa shape index (κ3) is 3.13. The molecule has 0 unspecified atom stereocenters. The lowest BCUT2D eigenvalue weighted by molar-refractivity contribution is 0.0950. The van der Waals surface area contributed by atoms with Crippen LogP contribution in [0.1, 0.15) is 15.9 Å². The molecular formula is C14H10F3NO. The van der Waals surface area contributed by atoms with E-state index in [1.807, 2.05) is 0 Å². The van der Waals surface area contributed by atoms with E-state index in [-0.39, 0.29) is 17.7 Å². The van der Waals surface area contributed by atoms with Crippen LogP contribution in [0.5, 0.6) is 0 Å². The zero-order valence-corrected chi connectivity index (χ0v) is 9.79. The number of benzene rings is 2. The summed E-state index contributed by atoms with van der Waals surface area (Å²) in [6.45, 7) is -0.168. The molecule has 1 N–H and O–H groups in total. The first-order valence-electron chi connectivity index (χ1n) is 5.54. The maximum absolute atomic E-state index is 13.3. The van der Waals surface area contributed by atoms with Crippen LogP contribution in [0.3, 0.4) is 0 Å². The normalized spacial score (nSPS) is 10.3. The van der Waals surface area contributed by atoms with Crippen LogP contribution in [0, 0.1) is 17.5 Å². The van der Waals surface area contributed by atoms with Crippen LogP contribution in [0.2, 0.25) is 0 Å². The van der Waals surface area contributed by atoms with Crippen molar-refractivity contribution in [2.24, 2.45) is 0 Å². The quantitative estimate of drug-likeness (QED) is 0.908. The first-order chi connectivity index (χ1) is 9.08. The Morgan fingerprint density at radius 2 is 1.79 bits per heavy atom. The Kier molecular flexibility index (Phi) is 3.85. The molecule has 0 atom stereocenters. The molecule has 0 spiro atoms. The minimum absolute atomic E-state index is 0.0322. The van der Waals surface area contributed by atoms with Gasteiger partial charge in [-0.15, -0.1) is 0 Å². The van der Waals surface area contributed by atoms with Gasteiger partial charge in [-0.25, -0.2) is 13.2 Å². The lowest BCUT2D eigenvalue weighted by Crippen LogP contribution is -2.23. The zero-order valence-electron chi connectivity index (χ0n) is 9.79. The van der Waals surface area contributed by atoms with E-state index in [0.29, 0.717) is 0 Å². The van der Waals surface area contributed by atoms with E-state index in [0.717, 1.165) is 12.1 Å². The zero-order chi connectivity index (χ0) is 13.8. The topological polar surface area (TPSA) is 29.1 Å². The summed E-state index contributed by atoms with van der Waals surface area (Å²) in [5.41, 5.74) is 0.154. The Morgan fingerprint density at radius 1 is 1.05 bits per heavy atom. The molecule has 1 amide bonds. The highest BCUT2D eigenvalue weighted by atomic mass is 19.2. The molecule has 5 heteroatoms. The Morgan fingerprint density at radius 3 is 2.53 bits per heavy atom. The third-order valence-electron chi connectivity index (χ3n) is 2.56. The fourth-order valence-corrected chi connectivity index (χ4v) is 1.59. The van der Waals surface area contributed by atoms with E-state index in [4.69, 9.17) is 0 Å². The standard InChI is InChI=1S/C14H10F3NO/c15-11-5-1-3-9(7-11)14(19)18-8-10-4-2-6-12(16)13(10)17/h1-7H,8H2,(H,18,19). The maximum atomic E-state index is 13.3. The molecule has 0 radical (unpaired) electrons. The van der Waals surface area contributed by atoms with Crippen LogP contribution < -0.4 is 5.32 Å². The van der Waals surface area contributed by atoms with Gasteiger partial charge in [0.25, 0.3) is 5.91 Å². The van der Waals surface area contributed by atoms with Gasteiger partial charge >= 0.3 is 0 Å². The van der Waals surface area contributed by atoms with Gasteiger partial charge in [-0.05, 0) is 24.3 Å². The minimum Gasteiger partial charge on any atom is -0.348 e. The Labute approximate surface area is 107 Å². The second-order valence-electron chi connectivity index (χ2n) is 3.91. The summed E-state index contributed by atoms with van der Waals surface area (Å²) in [5, 5.41) is 2.40. The lowest BCUT2D eigenvalue weighted by atomic mass is 10.1. The fourth-order valence-electron chi connectivity index (χ4n) is 1.59. The molecule has 2 nitrogen and oxygen atoms in total. The van der Waals surface area contributed by atoms with E-state index in [1.54, 1.807) is 0 Å². The van der Waals surface area contributed by atoms with Crippen molar-refractivity contribution in [1.82, 2.24) is 5.32 Å². The molecule has 0 aliphatic rings. The van der Waals surface area contributed by atoms with Crippen molar-refractivity contribution < 1.29 is 18.0 Å². The fraction of sp³-hybridized carbons (Fsp3) is 0.0714. The smallest absolute Gasteiger partial charge is 0.251 e. The Bertz CT molecular complexity index is 613. The van der Waals surface area contributed by atoms with Crippen molar-refractivity contribution in [3.05, 3.63) is 71.0 Å². The molecule has 2 rings (SSSR count). The SMILES string of the molecule is O=C(NCc1cccc(F)c1F)c1cccc(F)c1. The second kappa shape index (κ2) is 5.56. The van der Waals surface area contributed by atoms with Crippen LogP contribution >= 0.6 is 0 Å². The van der Waals surface area contributed by atoms with Crippen LogP contribution in [-0.2, 0) is 6.54 Å². The highest BCUT2D eigenvalue weighted by molar-refractivity contribution is 5.94. The van der Waals surface area contributed by atoms with Gasteiger partial charge < -0.3 is 5.32 Å². The summed E-state index contributed by atoms with van der Waals surface area (Å²) < 4.78 is 39.2. The Balaban J connectivity index is 2.07. The average Bonchev–Trinajstić information content (AvgIpc) is 2.40. The first kappa shape index (κ1) is 13.1. The molecular weight excluding hydrogens is 255 g/mol. The van der Waals surface area contributed by atoms with Gasteiger partial charge in [0.15, 0.2) is 11.6 Å². The first-order valence-corrected chi connectivity index (χ1v) is 5.54. The van der Waals surface area contributed by atoms with Gasteiger partial charge in [0.2, 0.25) is 0 Å². The molecule has 0 saturated carbocycles. The van der Waals surface area contributed by atoms with Crippen molar-refractivity contribution in [3.8, 4) is 0 Å². The molecule has 98 valence electrons. The molecule has 19 heavy (non-hydrogen) atoms. The number of hydrogen-bond acceptors (Lipinski definition) is 1. The molecule has 0 aliphatic carbocycles. The molecule has 0 heterocycles. The maximum Gasteiger partial charge on any atom is 0.251 e. The van der Waals surface area contributed by atoms with E-state index in [2.05, 4.69) is 5.32 Å². The minimum atomic E-state index is -0.998. The van der Waals surface area contributed by atoms with Gasteiger partial charge in [-0.2, -0.15) is 0 Å². The molecule has 0 bridgehead atoms. The summed E-state index contributed by atoms with van der Waals surface area (Å²) in [6, 6.07) is 8.81. The number of carbonyl (C=O) groups excluding carboxylic acids is 1. The van der Waals surface area contributed by atoms with Crippen LogP contribution in [0.25, 0.3) is 0 Å². The predicted octanol–water partition coefficient (Wildman–Crippen LogP) is 3.03.